The van der Waals surface area contributed by atoms with Crippen LogP contribution in [0.2, 0.25) is 0 Å². The molecule has 3 N–H and O–H groups in total. The highest BCUT2D eigenvalue weighted by Crippen LogP contribution is 2.20. The average Bonchev–Trinajstić information content (AvgIpc) is 2.38. The van der Waals surface area contributed by atoms with Gasteiger partial charge in [0.2, 0.25) is 0 Å². The van der Waals surface area contributed by atoms with Gasteiger partial charge >= 0.3 is 0 Å². The zero-order valence-corrected chi connectivity index (χ0v) is 12.0. The number of nitrogens with two attached hydrogens (primary N) is 1. The lowest BCUT2D eigenvalue weighted by atomic mass is 10.3. The Morgan fingerprint density at radius 3 is 2.60 bits per heavy atom. The number of amides is 1. The zero-order chi connectivity index (χ0) is 14.5. The highest BCUT2D eigenvalue weighted by Gasteiger charge is 2.05. The quantitative estimate of drug-likeness (QED) is 0.841. The van der Waals surface area contributed by atoms with E-state index in [1.54, 1.807) is 30.3 Å². The van der Waals surface area contributed by atoms with Gasteiger partial charge in [-0.3, -0.25) is 4.79 Å². The summed E-state index contributed by atoms with van der Waals surface area (Å²) in [5.74, 6) is -0.493. The van der Waals surface area contributed by atoms with Gasteiger partial charge in [-0.1, -0.05) is 15.9 Å². The molecule has 0 spiro atoms. The van der Waals surface area contributed by atoms with E-state index in [-0.39, 0.29) is 18.3 Å². The summed E-state index contributed by atoms with van der Waals surface area (Å²) >= 11 is 3.15. The Labute approximate surface area is 123 Å². The normalized spacial score (nSPS) is 10.1. The predicted molar refractivity (Wildman–Crippen MR) is 79.1 cm³/mol. The van der Waals surface area contributed by atoms with Gasteiger partial charge in [-0.2, -0.15) is 0 Å². The zero-order valence-electron chi connectivity index (χ0n) is 10.4. The van der Waals surface area contributed by atoms with Crippen molar-refractivity contribution in [2.45, 2.75) is 0 Å². The number of anilines is 2. The third-order valence-electron chi connectivity index (χ3n) is 2.40. The van der Waals surface area contributed by atoms with Gasteiger partial charge in [-0.05, 0) is 36.4 Å². The van der Waals surface area contributed by atoms with E-state index in [0.29, 0.717) is 15.8 Å². The molecule has 104 valence electrons. The van der Waals surface area contributed by atoms with Crippen LogP contribution in [0.25, 0.3) is 0 Å². The number of ether oxygens (including phenoxy) is 1. The van der Waals surface area contributed by atoms with Crippen molar-refractivity contribution < 1.29 is 13.9 Å². The first-order valence-corrected chi connectivity index (χ1v) is 6.56. The van der Waals surface area contributed by atoms with Gasteiger partial charge in [0.15, 0.2) is 6.61 Å². The van der Waals surface area contributed by atoms with Crippen LogP contribution in [0.4, 0.5) is 15.8 Å². The van der Waals surface area contributed by atoms with Crippen LogP contribution in [0.15, 0.2) is 46.9 Å². The van der Waals surface area contributed by atoms with Crippen LogP contribution < -0.4 is 15.8 Å². The Morgan fingerprint density at radius 1 is 1.25 bits per heavy atom. The lowest BCUT2D eigenvalue weighted by molar-refractivity contribution is -0.118. The van der Waals surface area contributed by atoms with Crippen LogP contribution in [0.3, 0.4) is 0 Å². The first-order chi connectivity index (χ1) is 9.52. The number of hydrogen-bond donors (Lipinski definition) is 2. The topological polar surface area (TPSA) is 64.3 Å². The summed E-state index contributed by atoms with van der Waals surface area (Å²) < 4.78 is 18.9. The molecule has 0 atom stereocenters. The first-order valence-electron chi connectivity index (χ1n) is 5.77. The van der Waals surface area contributed by atoms with Crippen molar-refractivity contribution in [2.24, 2.45) is 0 Å². The number of nitrogens with one attached hydrogen (secondary N) is 1. The van der Waals surface area contributed by atoms with Gasteiger partial charge in [0.25, 0.3) is 5.91 Å². The third kappa shape index (κ3) is 4.24. The molecule has 0 bridgehead atoms. The van der Waals surface area contributed by atoms with Crippen molar-refractivity contribution in [3.8, 4) is 5.75 Å². The molecule has 0 fully saturated rings. The third-order valence-corrected chi connectivity index (χ3v) is 2.86. The molecule has 4 nitrogen and oxygen atoms in total. The van der Waals surface area contributed by atoms with Gasteiger partial charge in [0, 0.05) is 21.9 Å². The van der Waals surface area contributed by atoms with E-state index in [0.717, 1.165) is 0 Å². The molecule has 0 aliphatic heterocycles. The fourth-order valence-electron chi connectivity index (χ4n) is 1.52. The Hall–Kier alpha value is -2.08. The van der Waals surface area contributed by atoms with E-state index in [4.69, 9.17) is 10.5 Å². The maximum absolute atomic E-state index is 13.1. The number of rotatable bonds is 4. The van der Waals surface area contributed by atoms with E-state index >= 15 is 0 Å². The summed E-state index contributed by atoms with van der Waals surface area (Å²) in [6.07, 6.45) is 0. The van der Waals surface area contributed by atoms with Crippen LogP contribution in [-0.4, -0.2) is 12.5 Å². The minimum Gasteiger partial charge on any atom is -0.484 e. The smallest absolute Gasteiger partial charge is 0.262 e. The van der Waals surface area contributed by atoms with E-state index < -0.39 is 5.82 Å². The average molecular weight is 339 g/mol. The second-order valence-corrected chi connectivity index (χ2v) is 4.98. The van der Waals surface area contributed by atoms with Gasteiger partial charge in [-0.25, -0.2) is 4.39 Å². The molecular weight excluding hydrogens is 327 g/mol. The Balaban J connectivity index is 1.90. The number of carbonyl (C=O) groups excluding carboxylic acids is 1. The van der Waals surface area contributed by atoms with Gasteiger partial charge in [0.05, 0.1) is 0 Å². The molecule has 2 rings (SSSR count). The predicted octanol–water partition coefficient (Wildman–Crippen LogP) is 3.19. The standard InChI is InChI=1S/C14H12BrFN2O2/c15-9-5-10(16)7-13(6-9)20-8-14(19)18-12-3-1-11(17)2-4-12/h1-7H,8,17H2,(H,18,19). The molecule has 1 amide bonds. The summed E-state index contributed by atoms with van der Waals surface area (Å²) in [6.45, 7) is -0.208. The highest BCUT2D eigenvalue weighted by molar-refractivity contribution is 9.10. The Kier molecular flexibility index (Phi) is 4.57. The SMILES string of the molecule is Nc1ccc(NC(=O)COc2cc(F)cc(Br)c2)cc1. The lowest BCUT2D eigenvalue weighted by Crippen LogP contribution is -2.20. The maximum atomic E-state index is 13.1. The fraction of sp³-hybridized carbons (Fsp3) is 0.0714. The monoisotopic (exact) mass is 338 g/mol. The number of halogens is 2. The van der Waals surface area contributed by atoms with Crippen LogP contribution in [0.1, 0.15) is 0 Å². The van der Waals surface area contributed by atoms with E-state index in [1.165, 1.54) is 12.1 Å². The second-order valence-electron chi connectivity index (χ2n) is 4.06. The van der Waals surface area contributed by atoms with Crippen molar-refractivity contribution in [3.63, 3.8) is 0 Å². The van der Waals surface area contributed by atoms with Crippen molar-refractivity contribution in [1.82, 2.24) is 0 Å². The van der Waals surface area contributed by atoms with Crippen LogP contribution in [0, 0.1) is 5.82 Å². The van der Waals surface area contributed by atoms with E-state index in [9.17, 15) is 9.18 Å². The molecule has 0 unspecified atom stereocenters. The summed E-state index contributed by atoms with van der Waals surface area (Å²) in [6, 6.07) is 10.8. The number of nitrogen functional groups attached to an aromatic ring is 1. The number of benzene rings is 2. The Morgan fingerprint density at radius 2 is 1.95 bits per heavy atom. The van der Waals surface area contributed by atoms with Gasteiger partial charge in [-0.15, -0.1) is 0 Å². The molecule has 0 aliphatic rings. The van der Waals surface area contributed by atoms with Crippen molar-refractivity contribution >= 4 is 33.2 Å². The Bertz CT molecular complexity index is 597. The molecular formula is C14H12BrFN2O2. The van der Waals surface area contributed by atoms with Crippen LogP contribution in [0.5, 0.6) is 5.75 Å². The molecule has 0 aromatic heterocycles. The first kappa shape index (κ1) is 14.3. The summed E-state index contributed by atoms with van der Waals surface area (Å²) in [5, 5.41) is 2.64. The summed E-state index contributed by atoms with van der Waals surface area (Å²) in [4.78, 5) is 11.7. The highest BCUT2D eigenvalue weighted by atomic mass is 79.9. The molecule has 0 radical (unpaired) electrons. The molecule has 0 saturated heterocycles. The van der Waals surface area contributed by atoms with Crippen molar-refractivity contribution in [1.29, 1.82) is 0 Å². The van der Waals surface area contributed by atoms with Gasteiger partial charge in [0.1, 0.15) is 11.6 Å². The van der Waals surface area contributed by atoms with Crippen molar-refractivity contribution in [3.05, 3.63) is 52.8 Å². The maximum Gasteiger partial charge on any atom is 0.262 e. The fourth-order valence-corrected chi connectivity index (χ4v) is 1.97. The molecule has 20 heavy (non-hydrogen) atoms. The van der Waals surface area contributed by atoms with Crippen LogP contribution >= 0.6 is 15.9 Å². The van der Waals surface area contributed by atoms with E-state index in [1.807, 2.05) is 0 Å². The molecule has 2 aromatic carbocycles. The largest absolute Gasteiger partial charge is 0.484 e. The second kappa shape index (κ2) is 6.38. The number of hydrogen-bond acceptors (Lipinski definition) is 3. The molecule has 0 saturated carbocycles. The minimum atomic E-state index is -0.437. The van der Waals surface area contributed by atoms with Crippen molar-refractivity contribution in [2.75, 3.05) is 17.7 Å². The molecule has 2 aromatic rings. The molecule has 0 heterocycles. The lowest BCUT2D eigenvalue weighted by Gasteiger charge is -2.08. The molecule has 0 aliphatic carbocycles. The van der Waals surface area contributed by atoms with Gasteiger partial charge < -0.3 is 15.8 Å². The minimum absolute atomic E-state index is 0.208. The number of carbonyl (C=O) groups is 1. The summed E-state index contributed by atoms with van der Waals surface area (Å²) in [7, 11) is 0. The van der Waals surface area contributed by atoms with Crippen LogP contribution in [-0.2, 0) is 4.79 Å². The van der Waals surface area contributed by atoms with E-state index in [2.05, 4.69) is 21.2 Å². The summed E-state index contributed by atoms with van der Waals surface area (Å²) in [5.41, 5.74) is 6.78. The molecule has 6 heteroatoms.